The molecule has 0 aliphatic heterocycles. The Labute approximate surface area is 160 Å². The van der Waals surface area contributed by atoms with E-state index >= 15 is 0 Å². The quantitative estimate of drug-likeness (QED) is 0.534. The van der Waals surface area contributed by atoms with Gasteiger partial charge in [-0.2, -0.15) is 13.2 Å². The summed E-state index contributed by atoms with van der Waals surface area (Å²) in [4.78, 5) is 15.0. The number of urea groups is 1. The number of hydrogen-bond acceptors (Lipinski definition) is 3. The summed E-state index contributed by atoms with van der Waals surface area (Å²) in [7, 11) is 0. The van der Waals surface area contributed by atoms with Gasteiger partial charge in [-0.3, -0.25) is 0 Å². The number of rotatable bonds is 5. The van der Waals surface area contributed by atoms with Gasteiger partial charge in [0.15, 0.2) is 0 Å². The standard InChI is InChI=1S/C19H24F3N3O3/c20-19(21,22)13-2-1-6-18(28,9-13)11-25-17(27)23-7-5-12-10-24-16-4-3-14(26)8-15(12)16/h3-4,8,10,13,24,26,28H,1-2,5-7,9,11H2,(H2,23,25,27). The summed E-state index contributed by atoms with van der Waals surface area (Å²) in [6.45, 7) is 0.0877. The zero-order valence-electron chi connectivity index (χ0n) is 15.3. The van der Waals surface area contributed by atoms with Crippen molar-refractivity contribution in [3.05, 3.63) is 30.0 Å². The molecule has 1 aliphatic carbocycles. The molecule has 6 nitrogen and oxygen atoms in total. The predicted molar refractivity (Wildman–Crippen MR) is 98.0 cm³/mol. The van der Waals surface area contributed by atoms with Gasteiger partial charge < -0.3 is 25.8 Å². The monoisotopic (exact) mass is 399 g/mol. The molecule has 2 amide bonds. The van der Waals surface area contributed by atoms with Crippen LogP contribution in [0.3, 0.4) is 0 Å². The van der Waals surface area contributed by atoms with Gasteiger partial charge in [0.1, 0.15) is 5.75 Å². The van der Waals surface area contributed by atoms with Crippen LogP contribution in [0.15, 0.2) is 24.4 Å². The highest BCUT2D eigenvalue weighted by Gasteiger charge is 2.46. The molecule has 0 spiro atoms. The lowest BCUT2D eigenvalue weighted by molar-refractivity contribution is -0.199. The van der Waals surface area contributed by atoms with Crippen LogP contribution in [0.5, 0.6) is 5.75 Å². The number of aromatic nitrogens is 1. The van der Waals surface area contributed by atoms with Crippen molar-refractivity contribution in [2.75, 3.05) is 13.1 Å². The topological polar surface area (TPSA) is 97.4 Å². The van der Waals surface area contributed by atoms with Gasteiger partial charge in [0.25, 0.3) is 0 Å². The lowest BCUT2D eigenvalue weighted by atomic mass is 9.77. The average molecular weight is 399 g/mol. The number of phenols is 1. The molecule has 1 aromatic carbocycles. The van der Waals surface area contributed by atoms with Crippen molar-refractivity contribution < 1.29 is 28.2 Å². The van der Waals surface area contributed by atoms with Gasteiger partial charge in [-0.15, -0.1) is 0 Å². The third-order valence-electron chi connectivity index (χ3n) is 5.29. The van der Waals surface area contributed by atoms with E-state index < -0.39 is 30.1 Å². The fraction of sp³-hybridized carbons (Fsp3) is 0.526. The minimum absolute atomic E-state index is 0.0121. The zero-order valence-corrected chi connectivity index (χ0v) is 15.3. The van der Waals surface area contributed by atoms with Crippen LogP contribution in [0.25, 0.3) is 10.9 Å². The second-order valence-electron chi connectivity index (χ2n) is 7.46. The van der Waals surface area contributed by atoms with Crippen molar-refractivity contribution in [1.29, 1.82) is 0 Å². The summed E-state index contributed by atoms with van der Waals surface area (Å²) in [5.74, 6) is -1.38. The van der Waals surface area contributed by atoms with E-state index in [0.717, 1.165) is 16.5 Å². The number of aromatic amines is 1. The number of fused-ring (bicyclic) bond motifs is 1. The van der Waals surface area contributed by atoms with Crippen LogP contribution in [0.2, 0.25) is 0 Å². The molecular formula is C19H24F3N3O3. The number of aromatic hydroxyl groups is 1. The Balaban J connectivity index is 1.46. The number of phenolic OH excluding ortho intramolecular Hbond substituents is 1. The molecule has 2 atom stereocenters. The summed E-state index contributed by atoms with van der Waals surface area (Å²) in [5.41, 5.74) is 0.255. The van der Waals surface area contributed by atoms with Crippen LogP contribution in [0, 0.1) is 5.92 Å². The fourth-order valence-electron chi connectivity index (χ4n) is 3.77. The van der Waals surface area contributed by atoms with E-state index in [9.17, 15) is 28.2 Å². The molecule has 0 bridgehead atoms. The van der Waals surface area contributed by atoms with Crippen molar-refractivity contribution in [2.24, 2.45) is 5.92 Å². The highest BCUT2D eigenvalue weighted by Crippen LogP contribution is 2.41. The van der Waals surface area contributed by atoms with Gasteiger partial charge in [0.2, 0.25) is 0 Å². The maximum atomic E-state index is 12.9. The van der Waals surface area contributed by atoms with Gasteiger partial charge in [0.05, 0.1) is 11.5 Å². The summed E-state index contributed by atoms with van der Waals surface area (Å²) in [6.07, 6.45) is -1.89. The van der Waals surface area contributed by atoms with Crippen LogP contribution >= 0.6 is 0 Å². The molecule has 28 heavy (non-hydrogen) atoms. The van der Waals surface area contributed by atoms with E-state index in [1.807, 2.05) is 0 Å². The third-order valence-corrected chi connectivity index (χ3v) is 5.29. The van der Waals surface area contributed by atoms with Crippen LogP contribution in [-0.4, -0.2) is 46.1 Å². The van der Waals surface area contributed by atoms with E-state index in [2.05, 4.69) is 15.6 Å². The molecular weight excluding hydrogens is 375 g/mol. The van der Waals surface area contributed by atoms with Crippen molar-refractivity contribution in [3.63, 3.8) is 0 Å². The molecule has 154 valence electrons. The number of nitrogens with one attached hydrogen (secondary N) is 3. The number of alkyl halides is 3. The van der Waals surface area contributed by atoms with E-state index in [4.69, 9.17) is 0 Å². The lowest BCUT2D eigenvalue weighted by Crippen LogP contribution is -2.50. The number of carbonyl (C=O) groups is 1. The van der Waals surface area contributed by atoms with E-state index in [-0.39, 0.29) is 31.6 Å². The Hall–Kier alpha value is -2.42. The molecule has 1 fully saturated rings. The number of halogens is 3. The largest absolute Gasteiger partial charge is 0.508 e. The molecule has 1 aliphatic rings. The highest BCUT2D eigenvalue weighted by molar-refractivity contribution is 5.84. The van der Waals surface area contributed by atoms with E-state index in [1.54, 1.807) is 24.4 Å². The van der Waals surface area contributed by atoms with Crippen LogP contribution in [0.1, 0.15) is 31.2 Å². The summed E-state index contributed by atoms with van der Waals surface area (Å²) < 4.78 is 38.7. The van der Waals surface area contributed by atoms with Crippen molar-refractivity contribution in [2.45, 2.75) is 43.9 Å². The number of benzene rings is 1. The molecule has 1 aromatic heterocycles. The maximum Gasteiger partial charge on any atom is 0.391 e. The van der Waals surface area contributed by atoms with Crippen molar-refractivity contribution in [1.82, 2.24) is 15.6 Å². The predicted octanol–water partition coefficient (Wildman–Crippen LogP) is 3.20. The fourth-order valence-corrected chi connectivity index (χ4v) is 3.77. The minimum Gasteiger partial charge on any atom is -0.508 e. The van der Waals surface area contributed by atoms with E-state index in [0.29, 0.717) is 13.0 Å². The van der Waals surface area contributed by atoms with E-state index in [1.165, 1.54) is 0 Å². The number of hydrogen-bond donors (Lipinski definition) is 5. The molecule has 1 saturated carbocycles. The Morgan fingerprint density at radius 2 is 2.11 bits per heavy atom. The first-order valence-electron chi connectivity index (χ1n) is 9.26. The van der Waals surface area contributed by atoms with Crippen LogP contribution in [-0.2, 0) is 6.42 Å². The molecule has 2 unspecified atom stereocenters. The Morgan fingerprint density at radius 3 is 2.86 bits per heavy atom. The van der Waals surface area contributed by atoms with Crippen molar-refractivity contribution in [3.8, 4) is 5.75 Å². The molecule has 0 radical (unpaired) electrons. The lowest BCUT2D eigenvalue weighted by Gasteiger charge is -2.37. The molecule has 9 heteroatoms. The summed E-state index contributed by atoms with van der Waals surface area (Å²) in [5, 5.41) is 26.0. The number of amides is 2. The zero-order chi connectivity index (χ0) is 20.4. The Morgan fingerprint density at radius 1 is 1.32 bits per heavy atom. The Bertz CT molecular complexity index is 837. The molecule has 3 rings (SSSR count). The summed E-state index contributed by atoms with van der Waals surface area (Å²) in [6, 6.07) is 4.43. The number of carbonyl (C=O) groups excluding carboxylic acids is 1. The highest BCUT2D eigenvalue weighted by atomic mass is 19.4. The molecule has 0 saturated heterocycles. The van der Waals surface area contributed by atoms with Crippen molar-refractivity contribution >= 4 is 16.9 Å². The van der Waals surface area contributed by atoms with Crippen LogP contribution < -0.4 is 10.6 Å². The first kappa shape index (κ1) is 20.3. The molecule has 1 heterocycles. The second kappa shape index (κ2) is 7.90. The van der Waals surface area contributed by atoms with Gasteiger partial charge in [-0.25, -0.2) is 4.79 Å². The van der Waals surface area contributed by atoms with Gasteiger partial charge in [-0.05, 0) is 55.9 Å². The summed E-state index contributed by atoms with van der Waals surface area (Å²) >= 11 is 0. The minimum atomic E-state index is -4.33. The Kier molecular flexibility index (Phi) is 5.74. The van der Waals surface area contributed by atoms with Gasteiger partial charge in [0, 0.05) is 30.2 Å². The SMILES string of the molecule is O=C(NCCc1c[nH]c2ccc(O)cc12)NCC1(O)CCCC(C(F)(F)F)C1. The first-order valence-corrected chi connectivity index (χ1v) is 9.26. The number of aliphatic hydroxyl groups is 1. The average Bonchev–Trinajstić information content (AvgIpc) is 3.02. The third kappa shape index (κ3) is 4.89. The van der Waals surface area contributed by atoms with Crippen LogP contribution in [0.4, 0.5) is 18.0 Å². The first-order chi connectivity index (χ1) is 13.2. The van der Waals surface area contributed by atoms with Gasteiger partial charge >= 0.3 is 12.2 Å². The second-order valence-corrected chi connectivity index (χ2v) is 7.46. The molecule has 5 N–H and O–H groups in total. The van der Waals surface area contributed by atoms with Gasteiger partial charge in [-0.1, -0.05) is 0 Å². The smallest absolute Gasteiger partial charge is 0.391 e. The maximum absolute atomic E-state index is 12.9. The molecule has 2 aromatic rings. The number of H-pyrrole nitrogens is 1. The normalized spacial score (nSPS) is 22.9.